The molecule has 1 aliphatic rings. The van der Waals surface area contributed by atoms with Crippen molar-refractivity contribution in [1.29, 1.82) is 0 Å². The molecule has 4 heteroatoms. The lowest BCUT2D eigenvalue weighted by Crippen LogP contribution is -2.26. The molecule has 2 rings (SSSR count). The zero-order valence-corrected chi connectivity index (χ0v) is 9.94. The highest BCUT2D eigenvalue weighted by atomic mass is 16.5. The molecule has 1 saturated heterocycles. The molecule has 2 heterocycles. The van der Waals surface area contributed by atoms with E-state index in [9.17, 15) is 0 Å². The number of nitrogens with one attached hydrogen (secondary N) is 1. The van der Waals surface area contributed by atoms with Gasteiger partial charge in [-0.05, 0) is 26.7 Å². The molecule has 0 bridgehead atoms. The van der Waals surface area contributed by atoms with Gasteiger partial charge in [0.15, 0.2) is 0 Å². The normalized spacial score (nSPS) is 24.9. The van der Waals surface area contributed by atoms with Crippen molar-refractivity contribution in [2.45, 2.75) is 45.4 Å². The molecule has 0 aromatic carbocycles. The molecule has 0 radical (unpaired) electrons. The third-order valence-electron chi connectivity index (χ3n) is 2.83. The van der Waals surface area contributed by atoms with Gasteiger partial charge in [-0.2, -0.15) is 0 Å². The van der Waals surface area contributed by atoms with Gasteiger partial charge in [-0.1, -0.05) is 0 Å². The Morgan fingerprint density at radius 2 is 2.25 bits per heavy atom. The van der Waals surface area contributed by atoms with Crippen molar-refractivity contribution < 1.29 is 4.74 Å². The molecule has 0 spiro atoms. The van der Waals surface area contributed by atoms with Crippen LogP contribution in [0.2, 0.25) is 0 Å². The fourth-order valence-corrected chi connectivity index (χ4v) is 1.91. The highest BCUT2D eigenvalue weighted by Gasteiger charge is 2.20. The monoisotopic (exact) mass is 221 g/mol. The van der Waals surface area contributed by atoms with Gasteiger partial charge in [0.05, 0.1) is 23.6 Å². The molecular formula is C12H19N3O. The van der Waals surface area contributed by atoms with Crippen molar-refractivity contribution in [3.8, 4) is 0 Å². The quantitative estimate of drug-likeness (QED) is 0.835. The summed E-state index contributed by atoms with van der Waals surface area (Å²) in [4.78, 5) is 8.50. The van der Waals surface area contributed by atoms with Crippen LogP contribution in [0.15, 0.2) is 12.4 Å². The molecule has 2 unspecified atom stereocenters. The smallest absolute Gasteiger partial charge is 0.0724 e. The topological polar surface area (TPSA) is 47.0 Å². The second kappa shape index (κ2) is 5.37. The summed E-state index contributed by atoms with van der Waals surface area (Å²) in [5.74, 6) is 0. The average Bonchev–Trinajstić information content (AvgIpc) is 2.67. The van der Waals surface area contributed by atoms with E-state index in [1.807, 2.05) is 13.1 Å². The zero-order chi connectivity index (χ0) is 11.4. The minimum absolute atomic E-state index is 0.369. The maximum absolute atomic E-state index is 5.72. The summed E-state index contributed by atoms with van der Waals surface area (Å²) in [5.41, 5.74) is 1.94. The summed E-state index contributed by atoms with van der Waals surface area (Å²) >= 11 is 0. The van der Waals surface area contributed by atoms with E-state index in [1.165, 1.54) is 6.42 Å². The molecule has 16 heavy (non-hydrogen) atoms. The Bertz CT molecular complexity index is 326. The van der Waals surface area contributed by atoms with Crippen molar-refractivity contribution in [3.05, 3.63) is 23.8 Å². The van der Waals surface area contributed by atoms with Crippen molar-refractivity contribution in [3.63, 3.8) is 0 Å². The molecule has 4 nitrogen and oxygen atoms in total. The summed E-state index contributed by atoms with van der Waals surface area (Å²) in [6, 6.07) is 0. The van der Waals surface area contributed by atoms with Crippen molar-refractivity contribution in [2.24, 2.45) is 0 Å². The maximum Gasteiger partial charge on any atom is 0.0724 e. The first-order valence-corrected chi connectivity index (χ1v) is 5.88. The summed E-state index contributed by atoms with van der Waals surface area (Å²) < 4.78 is 5.72. The number of rotatable bonds is 4. The Kier molecular flexibility index (Phi) is 3.85. The van der Waals surface area contributed by atoms with Crippen molar-refractivity contribution in [2.75, 3.05) is 6.54 Å². The molecule has 1 N–H and O–H groups in total. The van der Waals surface area contributed by atoms with E-state index in [2.05, 4.69) is 22.2 Å². The van der Waals surface area contributed by atoms with Crippen LogP contribution in [-0.2, 0) is 11.3 Å². The largest absolute Gasteiger partial charge is 0.374 e. The van der Waals surface area contributed by atoms with Crippen LogP contribution in [0, 0.1) is 6.92 Å². The van der Waals surface area contributed by atoms with Gasteiger partial charge in [-0.25, -0.2) is 0 Å². The highest BCUT2D eigenvalue weighted by molar-refractivity contribution is 5.00. The van der Waals surface area contributed by atoms with Gasteiger partial charge in [0, 0.05) is 25.5 Å². The summed E-state index contributed by atoms with van der Waals surface area (Å²) in [6.07, 6.45) is 6.75. The first-order chi connectivity index (χ1) is 7.74. The van der Waals surface area contributed by atoms with Gasteiger partial charge in [0.1, 0.15) is 0 Å². The van der Waals surface area contributed by atoms with E-state index in [-0.39, 0.29) is 0 Å². The van der Waals surface area contributed by atoms with Gasteiger partial charge in [0.2, 0.25) is 0 Å². The van der Waals surface area contributed by atoms with Gasteiger partial charge < -0.3 is 10.1 Å². The number of nitrogens with zero attached hydrogens (tertiary/aromatic N) is 2. The molecule has 1 fully saturated rings. The highest BCUT2D eigenvalue weighted by Crippen LogP contribution is 2.18. The number of hydrogen-bond acceptors (Lipinski definition) is 4. The van der Waals surface area contributed by atoms with Crippen molar-refractivity contribution in [1.82, 2.24) is 15.3 Å². The van der Waals surface area contributed by atoms with E-state index in [0.717, 1.165) is 30.9 Å². The van der Waals surface area contributed by atoms with Crippen LogP contribution in [0.1, 0.15) is 31.2 Å². The van der Waals surface area contributed by atoms with Crippen LogP contribution in [0.25, 0.3) is 0 Å². The molecule has 1 aromatic rings. The van der Waals surface area contributed by atoms with Gasteiger partial charge in [-0.3, -0.25) is 9.97 Å². The lowest BCUT2D eigenvalue weighted by Gasteiger charge is -2.11. The molecule has 1 aliphatic heterocycles. The Morgan fingerprint density at radius 3 is 2.88 bits per heavy atom. The summed E-state index contributed by atoms with van der Waals surface area (Å²) in [7, 11) is 0. The van der Waals surface area contributed by atoms with E-state index >= 15 is 0 Å². The van der Waals surface area contributed by atoms with Gasteiger partial charge in [-0.15, -0.1) is 0 Å². The van der Waals surface area contributed by atoms with E-state index in [0.29, 0.717) is 12.2 Å². The fraction of sp³-hybridized carbons (Fsp3) is 0.667. The van der Waals surface area contributed by atoms with Crippen LogP contribution in [0.4, 0.5) is 0 Å². The molecule has 88 valence electrons. The Morgan fingerprint density at radius 1 is 1.38 bits per heavy atom. The number of aryl methyl sites for hydroxylation is 1. The van der Waals surface area contributed by atoms with E-state index < -0.39 is 0 Å². The second-order valence-electron chi connectivity index (χ2n) is 4.43. The Labute approximate surface area is 96.4 Å². The first-order valence-electron chi connectivity index (χ1n) is 5.88. The lowest BCUT2D eigenvalue weighted by atomic mass is 10.2. The van der Waals surface area contributed by atoms with E-state index in [4.69, 9.17) is 4.74 Å². The van der Waals surface area contributed by atoms with Crippen LogP contribution >= 0.6 is 0 Å². The van der Waals surface area contributed by atoms with Crippen molar-refractivity contribution >= 4 is 0 Å². The minimum atomic E-state index is 0.369. The molecular weight excluding hydrogens is 202 g/mol. The standard InChI is InChI=1S/C12H19N3O/c1-9-5-15-11(7-14-9)6-13-8-12-4-3-10(2)16-12/h5,7,10,12-13H,3-4,6,8H2,1-2H3. The molecule has 2 atom stereocenters. The van der Waals surface area contributed by atoms with Crippen LogP contribution < -0.4 is 5.32 Å². The zero-order valence-electron chi connectivity index (χ0n) is 9.94. The number of ether oxygens (including phenoxy) is 1. The third kappa shape index (κ3) is 3.25. The Balaban J connectivity index is 1.70. The minimum Gasteiger partial charge on any atom is -0.374 e. The molecule has 0 aliphatic carbocycles. The number of hydrogen-bond donors (Lipinski definition) is 1. The third-order valence-corrected chi connectivity index (χ3v) is 2.83. The molecule has 0 saturated carbocycles. The summed E-state index contributed by atoms with van der Waals surface area (Å²) in [5, 5.41) is 3.36. The summed E-state index contributed by atoms with van der Waals surface area (Å²) in [6.45, 7) is 5.74. The van der Waals surface area contributed by atoms with Gasteiger partial charge >= 0.3 is 0 Å². The van der Waals surface area contributed by atoms with Crippen LogP contribution in [0.5, 0.6) is 0 Å². The molecule has 1 aromatic heterocycles. The molecule has 0 amide bonds. The van der Waals surface area contributed by atoms with Crippen LogP contribution in [-0.4, -0.2) is 28.7 Å². The lowest BCUT2D eigenvalue weighted by molar-refractivity contribution is 0.0558. The van der Waals surface area contributed by atoms with Gasteiger partial charge in [0.25, 0.3) is 0 Å². The second-order valence-corrected chi connectivity index (χ2v) is 4.43. The average molecular weight is 221 g/mol. The van der Waals surface area contributed by atoms with E-state index in [1.54, 1.807) is 6.20 Å². The predicted molar refractivity (Wildman–Crippen MR) is 62.0 cm³/mol. The first kappa shape index (κ1) is 11.5. The predicted octanol–water partition coefficient (Wildman–Crippen LogP) is 1.44. The number of aromatic nitrogens is 2. The maximum atomic E-state index is 5.72. The Hall–Kier alpha value is -1.00. The SMILES string of the molecule is Cc1cnc(CNCC2CCC(C)O2)cn1. The van der Waals surface area contributed by atoms with Crippen LogP contribution in [0.3, 0.4) is 0 Å². The fourth-order valence-electron chi connectivity index (χ4n) is 1.91.